The summed E-state index contributed by atoms with van der Waals surface area (Å²) in [6.45, 7) is 4.44. The van der Waals surface area contributed by atoms with Gasteiger partial charge in [-0.2, -0.15) is 0 Å². The first-order valence-corrected chi connectivity index (χ1v) is 15.2. The molecule has 0 atom stereocenters. The molecule has 186 valence electrons. The molecule has 0 N–H and O–H groups in total. The van der Waals surface area contributed by atoms with Gasteiger partial charge in [0.25, 0.3) is 0 Å². The summed E-state index contributed by atoms with van der Waals surface area (Å²) >= 11 is 5.63. The van der Waals surface area contributed by atoms with Crippen molar-refractivity contribution in [3.05, 3.63) is 87.5 Å². The lowest BCUT2D eigenvalue weighted by atomic mass is 10.2. The van der Waals surface area contributed by atoms with E-state index >= 15 is 0 Å². The maximum Gasteiger partial charge on any atom is 0.0906 e. The van der Waals surface area contributed by atoms with Crippen molar-refractivity contribution in [3.8, 4) is 0 Å². The lowest BCUT2D eigenvalue weighted by Gasteiger charge is -2.13. The van der Waals surface area contributed by atoms with Crippen molar-refractivity contribution in [1.82, 2.24) is 19.9 Å². The summed E-state index contributed by atoms with van der Waals surface area (Å²) < 4.78 is 1.36. The summed E-state index contributed by atoms with van der Waals surface area (Å²) in [4.78, 5) is 24.7. The first-order chi connectivity index (χ1) is 18.6. The molecule has 1 aliphatic heterocycles. The van der Waals surface area contributed by atoms with Crippen LogP contribution in [0.15, 0.2) is 96.6 Å². The second-order valence-electron chi connectivity index (χ2n) is 9.44. The van der Waals surface area contributed by atoms with Gasteiger partial charge in [-0.15, -0.1) is 0 Å². The number of hydrogen-bond donors (Lipinski definition) is 0. The van der Waals surface area contributed by atoms with Crippen molar-refractivity contribution >= 4 is 79.4 Å². The molecule has 6 aromatic rings. The van der Waals surface area contributed by atoms with Crippen molar-refractivity contribution in [2.45, 2.75) is 47.8 Å². The summed E-state index contributed by atoms with van der Waals surface area (Å²) in [5, 5.41) is 0. The minimum absolute atomic E-state index is 0.934. The number of aryl methyl sites for hydroxylation is 1. The van der Waals surface area contributed by atoms with E-state index in [4.69, 9.17) is 19.9 Å². The molecule has 0 aliphatic carbocycles. The van der Waals surface area contributed by atoms with Crippen LogP contribution < -0.4 is 0 Å². The van der Waals surface area contributed by atoms with Crippen molar-refractivity contribution < 1.29 is 0 Å². The van der Waals surface area contributed by atoms with Crippen LogP contribution in [-0.2, 0) is 0 Å². The number of benzene rings is 4. The Morgan fingerprint density at radius 1 is 0.658 bits per heavy atom. The van der Waals surface area contributed by atoms with E-state index in [0.717, 1.165) is 63.4 Å². The lowest BCUT2D eigenvalue weighted by Crippen LogP contribution is -1.91. The molecule has 7 rings (SSSR count). The molecular formula is C31H24N4S3. The van der Waals surface area contributed by atoms with Crippen LogP contribution in [-0.4, -0.2) is 19.9 Å². The number of rotatable bonds is 5. The highest BCUT2D eigenvalue weighted by molar-refractivity contribution is 8.25. The largest absolute Gasteiger partial charge is 0.244 e. The topological polar surface area (TPSA) is 51.6 Å². The highest BCUT2D eigenvalue weighted by Gasteiger charge is 2.23. The Balaban J connectivity index is 1.27. The molecular weight excluding hydrogens is 525 g/mol. The Bertz CT molecular complexity index is 1850. The van der Waals surface area contributed by atoms with Gasteiger partial charge in [-0.1, -0.05) is 72.9 Å². The molecule has 1 aliphatic rings. The number of nitrogens with zero attached hydrogens (tertiary/aromatic N) is 4. The number of aromatic nitrogens is 4. The maximum atomic E-state index is 4.92. The second kappa shape index (κ2) is 9.88. The first-order valence-electron chi connectivity index (χ1n) is 12.8. The predicted octanol–water partition coefficient (Wildman–Crippen LogP) is 9.54. The molecule has 4 nitrogen and oxygen atoms in total. The van der Waals surface area contributed by atoms with Crippen LogP contribution in [0.4, 0.5) is 0 Å². The fraction of sp³-hybridized carbons (Fsp3) is 0.161. The molecule has 4 aromatic carbocycles. The van der Waals surface area contributed by atoms with Crippen LogP contribution in [0.1, 0.15) is 31.7 Å². The molecule has 0 fully saturated rings. The van der Waals surface area contributed by atoms with E-state index in [1.165, 1.54) is 29.4 Å². The van der Waals surface area contributed by atoms with Gasteiger partial charge in [0.05, 0.1) is 48.4 Å². The minimum atomic E-state index is 0.934. The minimum Gasteiger partial charge on any atom is -0.244 e. The molecule has 0 amide bonds. The van der Waals surface area contributed by atoms with Gasteiger partial charge in [-0.05, 0) is 73.9 Å². The van der Waals surface area contributed by atoms with Crippen molar-refractivity contribution in [3.63, 3.8) is 0 Å². The molecule has 38 heavy (non-hydrogen) atoms. The summed E-state index contributed by atoms with van der Waals surface area (Å²) in [6.07, 6.45) is 3.39. The van der Waals surface area contributed by atoms with Crippen molar-refractivity contribution in [2.75, 3.05) is 0 Å². The predicted molar refractivity (Wildman–Crippen MR) is 163 cm³/mol. The van der Waals surface area contributed by atoms with E-state index in [1.54, 1.807) is 0 Å². The van der Waals surface area contributed by atoms with Crippen LogP contribution in [0.5, 0.6) is 0 Å². The van der Waals surface area contributed by atoms with E-state index in [9.17, 15) is 0 Å². The van der Waals surface area contributed by atoms with E-state index in [1.807, 2.05) is 83.8 Å². The normalized spacial score (nSPS) is 13.2. The van der Waals surface area contributed by atoms with E-state index in [2.05, 4.69) is 38.1 Å². The number of fused-ring (bicyclic) bond motifs is 5. The molecule has 0 spiro atoms. The van der Waals surface area contributed by atoms with Crippen LogP contribution >= 0.6 is 35.3 Å². The summed E-state index contributed by atoms with van der Waals surface area (Å²) in [7, 11) is 0. The Morgan fingerprint density at radius 3 is 1.63 bits per heavy atom. The SMILES string of the molecule is CCCCC(Sc1cc2nc3ccccc3nc2cc1C)=C1Sc2cc3nc4ccccc4nc3cc2S1. The molecule has 0 saturated carbocycles. The van der Waals surface area contributed by atoms with Gasteiger partial charge < -0.3 is 0 Å². The fourth-order valence-corrected chi connectivity index (χ4v) is 8.59. The van der Waals surface area contributed by atoms with E-state index < -0.39 is 0 Å². The summed E-state index contributed by atoms with van der Waals surface area (Å²) in [6, 6.07) is 25.0. The van der Waals surface area contributed by atoms with Gasteiger partial charge in [-0.3, -0.25) is 0 Å². The Labute approximate surface area is 233 Å². The molecule has 0 bridgehead atoms. The van der Waals surface area contributed by atoms with Crippen molar-refractivity contribution in [1.29, 1.82) is 0 Å². The van der Waals surface area contributed by atoms with Gasteiger partial charge in [0.2, 0.25) is 0 Å². The quantitative estimate of drug-likeness (QED) is 0.157. The average Bonchev–Trinajstić information content (AvgIpc) is 3.34. The van der Waals surface area contributed by atoms with Gasteiger partial charge >= 0.3 is 0 Å². The van der Waals surface area contributed by atoms with Crippen LogP contribution in [0.3, 0.4) is 0 Å². The Kier molecular flexibility index (Phi) is 6.22. The Morgan fingerprint density at radius 2 is 1.13 bits per heavy atom. The van der Waals surface area contributed by atoms with Crippen LogP contribution in [0.25, 0.3) is 44.1 Å². The van der Waals surface area contributed by atoms with Crippen molar-refractivity contribution in [2.24, 2.45) is 0 Å². The van der Waals surface area contributed by atoms with Crippen LogP contribution in [0, 0.1) is 6.92 Å². The van der Waals surface area contributed by atoms with Gasteiger partial charge in [0.15, 0.2) is 0 Å². The molecule has 0 saturated heterocycles. The molecule has 0 unspecified atom stereocenters. The molecule has 3 heterocycles. The van der Waals surface area contributed by atoms with Gasteiger partial charge in [0, 0.05) is 19.6 Å². The average molecular weight is 549 g/mol. The number of thioether (sulfide) groups is 3. The number of unbranched alkanes of at least 4 members (excludes halogenated alkanes) is 1. The summed E-state index contributed by atoms with van der Waals surface area (Å²) in [5.41, 5.74) is 8.78. The third-order valence-electron chi connectivity index (χ3n) is 6.66. The molecule has 0 radical (unpaired) electrons. The zero-order chi connectivity index (χ0) is 25.6. The zero-order valence-corrected chi connectivity index (χ0v) is 23.5. The standard InChI is InChI=1S/C31H24N4S3/c1-3-4-13-27(36-28-15-24-23(14-18(28)2)32-19-9-5-6-10-20(19)33-24)31-37-29-16-25-26(17-30(29)38-31)35-22-12-8-7-11-21(22)34-25/h5-12,14-17H,3-4,13H2,1-2H3. The lowest BCUT2D eigenvalue weighted by molar-refractivity contribution is 0.809. The second-order valence-corrected chi connectivity index (χ2v) is 12.9. The van der Waals surface area contributed by atoms with E-state index in [0.29, 0.717) is 0 Å². The van der Waals surface area contributed by atoms with E-state index in [-0.39, 0.29) is 0 Å². The molecule has 7 heteroatoms. The van der Waals surface area contributed by atoms with Gasteiger partial charge in [-0.25, -0.2) is 19.9 Å². The number of para-hydroxylation sites is 4. The highest BCUT2D eigenvalue weighted by Crippen LogP contribution is 2.56. The molecule has 2 aromatic heterocycles. The monoisotopic (exact) mass is 548 g/mol. The smallest absolute Gasteiger partial charge is 0.0906 e. The summed E-state index contributed by atoms with van der Waals surface area (Å²) in [5.74, 6) is 0. The zero-order valence-electron chi connectivity index (χ0n) is 21.1. The Hall–Kier alpha value is -3.13. The first kappa shape index (κ1) is 23.9. The third-order valence-corrected chi connectivity index (χ3v) is 10.8. The fourth-order valence-electron chi connectivity index (χ4n) is 4.65. The van der Waals surface area contributed by atoms with Gasteiger partial charge in [0.1, 0.15) is 0 Å². The maximum absolute atomic E-state index is 4.92. The highest BCUT2D eigenvalue weighted by atomic mass is 32.2. The number of allylic oxidation sites excluding steroid dienone is 1. The van der Waals surface area contributed by atoms with Crippen LogP contribution in [0.2, 0.25) is 0 Å². The number of hydrogen-bond acceptors (Lipinski definition) is 7. The third kappa shape index (κ3) is 4.42.